The van der Waals surface area contributed by atoms with E-state index in [2.05, 4.69) is 52.0 Å². The minimum absolute atomic E-state index is 0.0315. The molecule has 32 heavy (non-hydrogen) atoms. The third-order valence-electron chi connectivity index (χ3n) is 6.02. The van der Waals surface area contributed by atoms with Gasteiger partial charge in [0.15, 0.2) is 0 Å². The zero-order chi connectivity index (χ0) is 24.1. The second-order valence-electron chi connectivity index (χ2n) is 9.49. The van der Waals surface area contributed by atoms with E-state index in [0.29, 0.717) is 28.2 Å². The summed E-state index contributed by atoms with van der Waals surface area (Å²) in [6, 6.07) is 5.99. The standard InChI is InChI=1S/C25H38ClN3O2Si/c1-17(2)32(18(3)4,19(5)6)31-24-12-11-23(25(26)13-24)16-29-15-22(14-27-29)10-9-20(7)28-21(8)30/h9-15,17-20H,16H2,1-8H3,(H,28,30)/q-1/b10-9+/t20-/m0/s1. The highest BCUT2D eigenvalue weighted by molar-refractivity contribution is 6.78. The van der Waals surface area contributed by atoms with Gasteiger partial charge >= 0.3 is 0 Å². The molecule has 0 radical (unpaired) electrons. The van der Waals surface area contributed by atoms with Crippen LogP contribution in [0.4, 0.5) is 0 Å². The van der Waals surface area contributed by atoms with E-state index in [1.54, 1.807) is 6.20 Å². The highest BCUT2D eigenvalue weighted by Crippen LogP contribution is 2.43. The fourth-order valence-electron chi connectivity index (χ4n) is 4.63. The molecule has 1 N–H and O–H groups in total. The highest BCUT2D eigenvalue weighted by atomic mass is 35.5. The number of nitrogens with one attached hydrogen (secondary N) is 1. The van der Waals surface area contributed by atoms with E-state index in [-0.39, 0.29) is 11.9 Å². The van der Waals surface area contributed by atoms with Crippen LogP contribution < -0.4 is 9.74 Å². The van der Waals surface area contributed by atoms with Crippen molar-refractivity contribution < 1.29 is 9.22 Å². The molecule has 0 aliphatic heterocycles. The van der Waals surface area contributed by atoms with Crippen molar-refractivity contribution in [2.75, 3.05) is 0 Å². The molecule has 0 spiro atoms. The van der Waals surface area contributed by atoms with E-state index in [0.717, 1.165) is 16.9 Å². The molecule has 1 aromatic heterocycles. The van der Waals surface area contributed by atoms with Crippen molar-refractivity contribution in [1.82, 2.24) is 15.1 Å². The Kier molecular flexibility index (Phi) is 9.16. The van der Waals surface area contributed by atoms with Gasteiger partial charge in [-0.05, 0) is 24.6 Å². The first-order valence-electron chi connectivity index (χ1n) is 11.4. The number of halogens is 1. The van der Waals surface area contributed by atoms with E-state index >= 15 is 0 Å². The van der Waals surface area contributed by atoms with Crippen molar-refractivity contribution in [1.29, 1.82) is 0 Å². The molecule has 0 bridgehead atoms. The molecule has 2 rings (SSSR count). The van der Waals surface area contributed by atoms with Crippen molar-refractivity contribution in [2.24, 2.45) is 0 Å². The Morgan fingerprint density at radius 1 is 1.16 bits per heavy atom. The Balaban J connectivity index is 2.14. The van der Waals surface area contributed by atoms with Crippen molar-refractivity contribution in [3.8, 4) is 5.75 Å². The van der Waals surface area contributed by atoms with Crippen LogP contribution in [0.2, 0.25) is 21.6 Å². The normalized spacial score (nSPS) is 13.4. The van der Waals surface area contributed by atoms with Gasteiger partial charge in [-0.25, -0.2) is 0 Å². The molecule has 1 heterocycles. The Morgan fingerprint density at radius 3 is 2.31 bits per heavy atom. The van der Waals surface area contributed by atoms with Crippen LogP contribution in [0, 0.1) is 0 Å². The molecule has 0 saturated carbocycles. The Bertz CT molecular complexity index is 915. The van der Waals surface area contributed by atoms with Gasteiger partial charge < -0.3 is 9.74 Å². The third-order valence-corrected chi connectivity index (χ3v) is 12.4. The number of hydrogen-bond donors (Lipinski definition) is 1. The molecule has 1 aromatic carbocycles. The summed E-state index contributed by atoms with van der Waals surface area (Å²) in [5, 5.41) is 7.96. The summed E-state index contributed by atoms with van der Waals surface area (Å²) in [6.07, 6.45) is 7.66. The van der Waals surface area contributed by atoms with Gasteiger partial charge in [0, 0.05) is 38.1 Å². The third kappa shape index (κ3) is 6.48. The van der Waals surface area contributed by atoms with Crippen LogP contribution in [0.25, 0.3) is 6.08 Å². The van der Waals surface area contributed by atoms with Crippen molar-refractivity contribution in [3.63, 3.8) is 0 Å². The molecule has 2 aromatic rings. The van der Waals surface area contributed by atoms with Crippen molar-refractivity contribution in [3.05, 3.63) is 52.8 Å². The number of carbonyl (C=O) groups is 1. The predicted molar refractivity (Wildman–Crippen MR) is 137 cm³/mol. The minimum atomic E-state index is -2.02. The lowest BCUT2D eigenvalue weighted by molar-refractivity contribution is -0.119. The summed E-state index contributed by atoms with van der Waals surface area (Å²) in [4.78, 5) is 11.1. The Hall–Kier alpha value is -2.05. The lowest BCUT2D eigenvalue weighted by Gasteiger charge is -2.54. The van der Waals surface area contributed by atoms with Gasteiger partial charge in [0.1, 0.15) is 0 Å². The van der Waals surface area contributed by atoms with Crippen LogP contribution in [-0.4, -0.2) is 30.0 Å². The van der Waals surface area contributed by atoms with E-state index in [9.17, 15) is 4.79 Å². The highest BCUT2D eigenvalue weighted by Gasteiger charge is 2.34. The Labute approximate surface area is 199 Å². The molecule has 7 heteroatoms. The molecule has 1 amide bonds. The number of carbonyl (C=O) groups excluding carboxylic acids is 1. The molecule has 1 atom stereocenters. The van der Waals surface area contributed by atoms with Gasteiger partial charge in [0.05, 0.1) is 18.5 Å². The fourth-order valence-corrected chi connectivity index (χ4v) is 10.1. The number of nitrogens with zero attached hydrogens (tertiary/aromatic N) is 2. The van der Waals surface area contributed by atoms with Gasteiger partial charge in [0.25, 0.3) is 0 Å². The first kappa shape index (κ1) is 26.2. The zero-order valence-electron chi connectivity index (χ0n) is 20.6. The number of aromatic nitrogens is 2. The van der Waals surface area contributed by atoms with Crippen LogP contribution in [0.5, 0.6) is 5.75 Å². The van der Waals surface area contributed by atoms with Gasteiger partial charge in [-0.15, -0.1) is 16.6 Å². The summed E-state index contributed by atoms with van der Waals surface area (Å²) in [7, 11) is -2.02. The van der Waals surface area contributed by atoms with Crippen molar-refractivity contribution in [2.45, 2.75) is 84.6 Å². The van der Waals surface area contributed by atoms with Crippen molar-refractivity contribution >= 4 is 31.9 Å². The average molecular weight is 476 g/mol. The second-order valence-corrected chi connectivity index (χ2v) is 15.3. The molecular weight excluding hydrogens is 438 g/mol. The molecule has 0 aliphatic carbocycles. The maximum Gasteiger partial charge on any atom is 0.217 e. The maximum absolute atomic E-state index is 11.1. The van der Waals surface area contributed by atoms with E-state index in [1.807, 2.05) is 48.2 Å². The molecule has 177 valence electrons. The molecular formula is C25H38ClN3O2Si-. The Morgan fingerprint density at radius 2 is 1.78 bits per heavy atom. The summed E-state index contributed by atoms with van der Waals surface area (Å²) in [5.74, 6) is 0.813. The minimum Gasteiger partial charge on any atom is -0.688 e. The van der Waals surface area contributed by atoms with Gasteiger partial charge in [-0.1, -0.05) is 71.4 Å². The topological polar surface area (TPSA) is 56.2 Å². The van der Waals surface area contributed by atoms with E-state index < -0.39 is 8.32 Å². The monoisotopic (exact) mass is 475 g/mol. The molecule has 0 fully saturated rings. The van der Waals surface area contributed by atoms with E-state index in [1.165, 1.54) is 6.92 Å². The number of amides is 1. The average Bonchev–Trinajstić information content (AvgIpc) is 3.12. The lowest BCUT2D eigenvalue weighted by atomic mass is 10.2. The second kappa shape index (κ2) is 11.2. The number of hydrogen-bond acceptors (Lipinski definition) is 3. The summed E-state index contributed by atoms with van der Waals surface area (Å²) < 4.78 is 8.61. The predicted octanol–water partition coefficient (Wildman–Crippen LogP) is 6.68. The van der Waals surface area contributed by atoms with E-state index in [4.69, 9.17) is 16.0 Å². The van der Waals surface area contributed by atoms with Crippen LogP contribution in [0.15, 0.2) is 36.7 Å². The summed E-state index contributed by atoms with van der Waals surface area (Å²) >= 11 is 6.64. The first-order chi connectivity index (χ1) is 15.0. The smallest absolute Gasteiger partial charge is 0.217 e. The van der Waals surface area contributed by atoms with Crippen LogP contribution >= 0.6 is 11.6 Å². The van der Waals surface area contributed by atoms with Gasteiger partial charge in [-0.3, -0.25) is 9.48 Å². The van der Waals surface area contributed by atoms with Gasteiger partial charge in [0.2, 0.25) is 5.91 Å². The number of benzene rings is 1. The zero-order valence-corrected chi connectivity index (χ0v) is 22.4. The van der Waals surface area contributed by atoms with Crippen LogP contribution in [-0.2, 0) is 11.3 Å². The molecule has 0 aliphatic rings. The SMILES string of the molecule is CC(=O)N[C@@H](C)/C=C/c1cnn(Cc2ccc(O[Si-](C(C)C)(C(C)C)C(C)C)cc2Cl)c1. The largest absolute Gasteiger partial charge is 0.688 e. The summed E-state index contributed by atoms with van der Waals surface area (Å²) in [5.41, 5.74) is 3.48. The molecule has 0 saturated heterocycles. The first-order valence-corrected chi connectivity index (χ1v) is 13.9. The summed E-state index contributed by atoms with van der Waals surface area (Å²) in [6.45, 7) is 17.7. The lowest BCUT2D eigenvalue weighted by Crippen LogP contribution is -2.50. The number of rotatable bonds is 10. The maximum atomic E-state index is 11.1. The van der Waals surface area contributed by atoms with Gasteiger partial charge in [-0.2, -0.15) is 5.10 Å². The molecule has 0 unspecified atom stereocenters. The van der Waals surface area contributed by atoms with Crippen LogP contribution in [0.1, 0.15) is 66.5 Å². The molecule has 5 nitrogen and oxygen atoms in total. The van der Waals surface area contributed by atoms with Crippen LogP contribution in [0.3, 0.4) is 0 Å². The quantitative estimate of drug-likeness (QED) is 0.390. The fraction of sp³-hybridized carbons (Fsp3) is 0.520.